The number of esters is 2. The highest BCUT2D eigenvalue weighted by Gasteiger charge is 2.36. The van der Waals surface area contributed by atoms with Crippen LogP contribution in [0.4, 0.5) is 0 Å². The van der Waals surface area contributed by atoms with Gasteiger partial charge in [-0.25, -0.2) is 9.59 Å². The Morgan fingerprint density at radius 1 is 0.611 bits per heavy atom. The molecule has 0 aliphatic carbocycles. The lowest BCUT2D eigenvalue weighted by Crippen LogP contribution is -2.57. The van der Waals surface area contributed by atoms with Crippen LogP contribution in [-0.2, 0) is 57.4 Å². The van der Waals surface area contributed by atoms with Crippen molar-refractivity contribution in [2.45, 2.75) is 143 Å². The summed E-state index contributed by atoms with van der Waals surface area (Å²) in [5, 5.41) is 21.0. The zero-order valence-corrected chi connectivity index (χ0v) is 46.1. The Morgan fingerprint density at radius 3 is 1.61 bits per heavy atom. The number of nitrogens with one attached hydrogen (secondary N) is 8. The highest BCUT2D eigenvalue weighted by atomic mass is 33.1. The molecule has 0 aromatic carbocycles. The number of rotatable bonds is 8. The molecule has 2 saturated heterocycles. The third kappa shape index (κ3) is 21.3. The first-order valence-electron chi connectivity index (χ1n) is 23.9. The third-order valence-corrected chi connectivity index (χ3v) is 14.0. The number of ether oxygens (including phenoxy) is 2. The van der Waals surface area contributed by atoms with Crippen LogP contribution >= 0.6 is 46.8 Å². The largest absolute Gasteiger partial charge is 0.456 e. The van der Waals surface area contributed by atoms with E-state index in [4.69, 9.17) is 9.47 Å². The van der Waals surface area contributed by atoms with E-state index in [1.54, 1.807) is 87.5 Å². The number of cyclic esters (lactones) is 1. The summed E-state index contributed by atoms with van der Waals surface area (Å²) in [6.45, 7) is 17.2. The number of allylic oxidation sites excluding steroid dienone is 4. The molecular weight excluding hydrogens is 1010 g/mol. The average molecular weight is 1080 g/mol. The molecule has 0 saturated carbocycles. The molecule has 8 N–H and O–H groups in total. The summed E-state index contributed by atoms with van der Waals surface area (Å²) in [5.74, 6) is -5.87. The van der Waals surface area contributed by atoms with Crippen LogP contribution in [0.15, 0.2) is 47.9 Å². The van der Waals surface area contributed by atoms with Crippen molar-refractivity contribution in [3.8, 4) is 0 Å². The second-order valence-electron chi connectivity index (χ2n) is 18.3. The minimum absolute atomic E-state index is 0.0445. The van der Waals surface area contributed by atoms with E-state index < -0.39 is 108 Å². The quantitative estimate of drug-likeness (QED) is 0.0550. The second kappa shape index (κ2) is 32.3. The lowest BCUT2D eigenvalue weighted by molar-refractivity contribution is -0.154. The number of thiol groups is 2. The van der Waals surface area contributed by atoms with Crippen molar-refractivity contribution in [2.75, 3.05) is 23.0 Å². The van der Waals surface area contributed by atoms with E-state index in [0.717, 1.165) is 0 Å². The summed E-state index contributed by atoms with van der Waals surface area (Å²) >= 11 is 8.31. The fourth-order valence-electron chi connectivity index (χ4n) is 6.80. The van der Waals surface area contributed by atoms with Gasteiger partial charge in [-0.3, -0.25) is 38.4 Å². The van der Waals surface area contributed by atoms with Crippen LogP contribution in [0.5, 0.6) is 0 Å². The molecule has 3 aliphatic heterocycles. The van der Waals surface area contributed by atoms with Crippen LogP contribution < -0.4 is 42.5 Å². The molecule has 2 fully saturated rings. The number of carbonyl (C=O) groups excluding carboxylic acids is 10. The number of carbonyl (C=O) groups is 10. The highest BCUT2D eigenvalue weighted by molar-refractivity contribution is 8.76. The zero-order valence-electron chi connectivity index (χ0n) is 42.7. The standard InChI is InChI=1S/C24H36N4O6S2.C24H38N4O6S2/c1-6-16-21(30)28-20(14(4)5)24(33)34-15-9-7-8-10-35-36-12-17(22(31)25-16)26-23(32)19(13(2)3)27-18(29)11-15;1-6-16-21(30)28-20(14(4)5)24(33)34-15(9-7-8-10-35)11-18(29)27-19(13(2)3)23(32)26-17(12-36)22(31)25-16/h6-7,9,13-15,17,19-20H,8,10-12H2,1-5H3,(H,25,31)(H,26,32)(H,27,29)(H,28,30);6-7,9,13-15,17,19-20,35-36H,8,10-12H2,1-5H3,(H,25,31)(H,26,32)(H,27,29)(H,28,30)/b2*9-7+,16-6-/t2*15-,17-,19-,20+/m11/s1. The lowest BCUT2D eigenvalue weighted by atomic mass is 10.0. The van der Waals surface area contributed by atoms with E-state index >= 15 is 0 Å². The number of amides is 8. The molecule has 2 bridgehead atoms. The molecule has 0 spiro atoms. The summed E-state index contributed by atoms with van der Waals surface area (Å²) < 4.78 is 11.2. The summed E-state index contributed by atoms with van der Waals surface area (Å²) in [6, 6.07) is -5.93. The van der Waals surface area contributed by atoms with E-state index in [0.29, 0.717) is 24.3 Å². The van der Waals surface area contributed by atoms with Crippen molar-refractivity contribution in [2.24, 2.45) is 23.7 Å². The Labute approximate surface area is 441 Å². The fourth-order valence-corrected chi connectivity index (χ4v) is 9.36. The van der Waals surface area contributed by atoms with Crippen LogP contribution in [0, 0.1) is 23.7 Å². The van der Waals surface area contributed by atoms with Crippen LogP contribution in [0.3, 0.4) is 0 Å². The third-order valence-electron chi connectivity index (χ3n) is 11.0. The van der Waals surface area contributed by atoms with Gasteiger partial charge in [0.15, 0.2) is 0 Å². The van der Waals surface area contributed by atoms with Crippen LogP contribution in [0.1, 0.15) is 94.9 Å². The minimum atomic E-state index is -1.07. The van der Waals surface area contributed by atoms with Gasteiger partial charge in [-0.1, -0.05) is 101 Å². The van der Waals surface area contributed by atoms with Crippen molar-refractivity contribution in [1.82, 2.24) is 42.5 Å². The van der Waals surface area contributed by atoms with Gasteiger partial charge in [0.25, 0.3) is 11.8 Å². The molecule has 0 unspecified atom stereocenters. The first-order valence-corrected chi connectivity index (χ1v) is 27.7. The van der Waals surface area contributed by atoms with E-state index in [2.05, 4.69) is 67.8 Å². The summed E-state index contributed by atoms with van der Waals surface area (Å²) in [7, 11) is 2.95. The maximum atomic E-state index is 13.2. The maximum Gasteiger partial charge on any atom is 0.329 e. The van der Waals surface area contributed by atoms with Gasteiger partial charge < -0.3 is 52.0 Å². The van der Waals surface area contributed by atoms with Crippen molar-refractivity contribution in [1.29, 1.82) is 0 Å². The van der Waals surface area contributed by atoms with E-state index in [-0.39, 0.29) is 59.4 Å². The molecule has 8 amide bonds. The fraction of sp³-hybridized carbons (Fsp3) is 0.625. The molecule has 3 rings (SSSR count). The summed E-state index contributed by atoms with van der Waals surface area (Å²) in [6.07, 6.45) is 8.67. The molecule has 0 aromatic rings. The molecule has 3 aliphatic rings. The van der Waals surface area contributed by atoms with E-state index in [9.17, 15) is 47.9 Å². The Hall–Kier alpha value is -4.94. The van der Waals surface area contributed by atoms with Gasteiger partial charge in [0.05, 0.1) is 12.8 Å². The van der Waals surface area contributed by atoms with E-state index in [1.165, 1.54) is 33.7 Å². The zero-order chi connectivity index (χ0) is 54.2. The molecule has 24 heteroatoms. The molecule has 0 radical (unpaired) electrons. The average Bonchev–Trinajstić information content (AvgIpc) is 3.31. The van der Waals surface area contributed by atoms with Crippen molar-refractivity contribution in [3.05, 3.63) is 47.9 Å². The molecular formula is C48H74N8O12S4. The summed E-state index contributed by atoms with van der Waals surface area (Å²) in [5.41, 5.74) is -0.137. The number of fused-ring (bicyclic) bond motifs is 7. The minimum Gasteiger partial charge on any atom is -0.456 e. The molecule has 3 heterocycles. The van der Waals surface area contributed by atoms with Crippen LogP contribution in [-0.4, -0.2) is 131 Å². The van der Waals surface area contributed by atoms with Crippen LogP contribution in [0.2, 0.25) is 0 Å². The van der Waals surface area contributed by atoms with Gasteiger partial charge in [-0.15, -0.1) is 0 Å². The Bertz CT molecular complexity index is 2060. The molecule has 402 valence electrons. The van der Waals surface area contributed by atoms with Crippen molar-refractivity contribution < 1.29 is 57.4 Å². The number of hydrogen-bond donors (Lipinski definition) is 10. The summed E-state index contributed by atoms with van der Waals surface area (Å²) in [4.78, 5) is 130. The smallest absolute Gasteiger partial charge is 0.329 e. The van der Waals surface area contributed by atoms with Gasteiger partial charge in [-0.2, -0.15) is 25.3 Å². The second-order valence-corrected chi connectivity index (χ2v) is 21.7. The predicted octanol–water partition coefficient (Wildman–Crippen LogP) is 2.32. The Morgan fingerprint density at radius 2 is 1.11 bits per heavy atom. The normalized spacial score (nSPS) is 28.1. The highest BCUT2D eigenvalue weighted by Crippen LogP contribution is 2.24. The molecule has 0 aromatic heterocycles. The van der Waals surface area contributed by atoms with Gasteiger partial charge in [0.1, 0.15) is 59.9 Å². The van der Waals surface area contributed by atoms with E-state index in [1.807, 2.05) is 6.08 Å². The monoisotopic (exact) mass is 1080 g/mol. The molecule has 72 heavy (non-hydrogen) atoms. The first-order chi connectivity index (χ1) is 34.0. The Balaban J connectivity index is 0.000000493. The van der Waals surface area contributed by atoms with Crippen molar-refractivity contribution in [3.63, 3.8) is 0 Å². The Kier molecular flexibility index (Phi) is 28.3. The maximum absolute atomic E-state index is 13.2. The lowest BCUT2D eigenvalue weighted by Gasteiger charge is -2.27. The number of hydrogen-bond acceptors (Lipinski definition) is 16. The SMILES string of the molecule is C/C=C1\NC(=O)[C@@H](CS)NC(=O)[C@@H](C(C)C)NC(=O)C[C@@H](/C=C/CCS)OC(=O)[C@H](C(C)C)NC1=O.C/C=C1\NC(=O)[C@H]2CSSCC/C=C/[C@H](CC(=O)N[C@H](C(C)C)C(=O)N2)OC(=O)[C@H](C(C)C)NC1=O. The van der Waals surface area contributed by atoms with Gasteiger partial charge >= 0.3 is 11.9 Å². The van der Waals surface area contributed by atoms with Crippen LogP contribution in [0.25, 0.3) is 0 Å². The molecule has 8 atom stereocenters. The van der Waals surface area contributed by atoms with Gasteiger partial charge in [0.2, 0.25) is 35.4 Å². The first kappa shape index (κ1) is 63.2. The van der Waals surface area contributed by atoms with Gasteiger partial charge in [-0.05, 0) is 68.3 Å². The van der Waals surface area contributed by atoms with Gasteiger partial charge in [0, 0.05) is 17.3 Å². The predicted molar refractivity (Wildman–Crippen MR) is 284 cm³/mol. The van der Waals surface area contributed by atoms with Crippen molar-refractivity contribution >= 4 is 106 Å². The molecule has 20 nitrogen and oxygen atoms in total. The topological polar surface area (TPSA) is 285 Å².